The average Bonchev–Trinajstić information content (AvgIpc) is 3.04. The lowest BCUT2D eigenvalue weighted by Gasteiger charge is -2.60. The Kier molecular flexibility index (Phi) is 6.35. The van der Waals surface area contributed by atoms with E-state index in [-0.39, 0.29) is 17.8 Å². The van der Waals surface area contributed by atoms with Gasteiger partial charge in [0.05, 0.1) is 0 Å². The normalized spacial score (nSPS) is 45.7. The van der Waals surface area contributed by atoms with E-state index in [9.17, 15) is 9.59 Å². The summed E-state index contributed by atoms with van der Waals surface area (Å²) < 4.78 is 0. The molecular weight excluding hydrogens is 386 g/mol. The molecule has 4 rings (SSSR count). The first-order chi connectivity index (χ1) is 14.6. The van der Waals surface area contributed by atoms with Crippen LogP contribution in [0.3, 0.4) is 0 Å². The minimum Gasteiger partial charge on any atom is -0.481 e. The molecule has 1 unspecified atom stereocenters. The smallest absolute Gasteiger partial charge is 0.303 e. The van der Waals surface area contributed by atoms with Crippen molar-refractivity contribution in [2.75, 3.05) is 0 Å². The lowest BCUT2D eigenvalue weighted by molar-refractivity contribution is -0.157. The first-order valence-electron chi connectivity index (χ1n) is 13.1. The molecule has 0 heterocycles. The van der Waals surface area contributed by atoms with Crippen LogP contribution in [0.1, 0.15) is 98.8 Å². The molecule has 9 atom stereocenters. The molecule has 0 aromatic rings. The largest absolute Gasteiger partial charge is 0.481 e. The zero-order chi connectivity index (χ0) is 22.6. The predicted octanol–water partition coefficient (Wildman–Crippen LogP) is 5.69. The van der Waals surface area contributed by atoms with Crippen molar-refractivity contribution in [1.29, 1.82) is 0 Å². The van der Waals surface area contributed by atoms with Gasteiger partial charge in [-0.1, -0.05) is 34.6 Å². The van der Waals surface area contributed by atoms with Gasteiger partial charge in [-0.05, 0) is 91.8 Å². The van der Waals surface area contributed by atoms with Gasteiger partial charge in [0.15, 0.2) is 0 Å². The number of nitrogens with one attached hydrogen (secondary N) is 1. The summed E-state index contributed by atoms with van der Waals surface area (Å²) in [4.78, 5) is 24.7. The summed E-state index contributed by atoms with van der Waals surface area (Å²) in [7, 11) is 0. The van der Waals surface area contributed by atoms with E-state index in [0.717, 1.165) is 12.8 Å². The maximum Gasteiger partial charge on any atom is 0.303 e. The highest BCUT2D eigenvalue weighted by Gasteiger charge is 2.63. The van der Waals surface area contributed by atoms with Crippen LogP contribution in [-0.4, -0.2) is 28.9 Å². The first-order valence-corrected chi connectivity index (χ1v) is 13.1. The SMILES string of the molecule is CC(C)NC1CC[C@@]2(C)[C@H](CC(=O)[C@@H]3[C@@H]2CC[C@]2(C)[C@@H]([C@H](C)CCC(=O)O)CC[C@@H]32)C1. The Bertz CT molecular complexity index is 705. The number of carbonyl (C=O) groups is 2. The zero-order valence-corrected chi connectivity index (χ0v) is 20.5. The van der Waals surface area contributed by atoms with Crippen molar-refractivity contribution in [2.24, 2.45) is 46.3 Å². The minimum absolute atomic E-state index is 0.217. The Morgan fingerprint density at radius 2 is 1.74 bits per heavy atom. The van der Waals surface area contributed by atoms with E-state index in [4.69, 9.17) is 5.11 Å². The standard InChI is InChI=1S/C27H45NO3/c1-16(2)28-19-10-12-26(4)18(14-19)15-23(29)25-21-8-7-20(17(3)6-9-24(30)31)27(21,5)13-11-22(25)26/h16-22,25,28H,6-15H2,1-5H3,(H,30,31)/t17-,18+,19?,20-,21+,22+,25+,26+,27-/m1/s1. The minimum atomic E-state index is -0.681. The second kappa shape index (κ2) is 8.47. The molecule has 0 aromatic carbocycles. The maximum atomic E-state index is 13.6. The summed E-state index contributed by atoms with van der Waals surface area (Å²) in [6.07, 6.45) is 10.3. The van der Waals surface area contributed by atoms with Crippen molar-refractivity contribution < 1.29 is 14.7 Å². The summed E-state index contributed by atoms with van der Waals surface area (Å²) >= 11 is 0. The van der Waals surface area contributed by atoms with Gasteiger partial charge in [-0.15, -0.1) is 0 Å². The van der Waals surface area contributed by atoms with Crippen LogP contribution in [-0.2, 0) is 9.59 Å². The van der Waals surface area contributed by atoms with E-state index in [1.807, 2.05) is 0 Å². The molecule has 176 valence electrons. The number of Topliss-reactive ketones (excluding diaryl/α,β-unsaturated/α-hetero) is 1. The molecule has 0 aliphatic heterocycles. The molecule has 0 amide bonds. The third-order valence-electron chi connectivity index (χ3n) is 10.6. The third-order valence-corrected chi connectivity index (χ3v) is 10.6. The van der Waals surface area contributed by atoms with Crippen molar-refractivity contribution in [3.63, 3.8) is 0 Å². The van der Waals surface area contributed by atoms with Gasteiger partial charge in [-0.25, -0.2) is 0 Å². The fourth-order valence-corrected chi connectivity index (χ4v) is 9.08. The molecule has 4 fully saturated rings. The van der Waals surface area contributed by atoms with Crippen molar-refractivity contribution in [3.8, 4) is 0 Å². The number of rotatable bonds is 6. The van der Waals surface area contributed by atoms with Crippen LogP contribution in [0.2, 0.25) is 0 Å². The van der Waals surface area contributed by atoms with Gasteiger partial charge < -0.3 is 10.4 Å². The number of fused-ring (bicyclic) bond motifs is 5. The molecule has 0 radical (unpaired) electrons. The van der Waals surface area contributed by atoms with Crippen LogP contribution < -0.4 is 5.32 Å². The molecular formula is C27H45NO3. The Morgan fingerprint density at radius 1 is 1.06 bits per heavy atom. The molecule has 0 saturated heterocycles. The van der Waals surface area contributed by atoms with Crippen LogP contribution in [0.5, 0.6) is 0 Å². The van der Waals surface area contributed by atoms with Gasteiger partial charge in [0, 0.05) is 30.8 Å². The quantitative estimate of drug-likeness (QED) is 0.567. The summed E-state index contributed by atoms with van der Waals surface area (Å²) in [6, 6.07) is 1.08. The first kappa shape index (κ1) is 23.3. The fraction of sp³-hybridized carbons (Fsp3) is 0.926. The number of carboxylic acids is 1. The number of carbonyl (C=O) groups excluding carboxylic acids is 1. The van der Waals surface area contributed by atoms with Gasteiger partial charge in [0.25, 0.3) is 0 Å². The van der Waals surface area contributed by atoms with Crippen LogP contribution in [0.15, 0.2) is 0 Å². The molecule has 31 heavy (non-hydrogen) atoms. The highest BCUT2D eigenvalue weighted by atomic mass is 16.4. The zero-order valence-electron chi connectivity index (χ0n) is 20.5. The van der Waals surface area contributed by atoms with Crippen LogP contribution in [0.4, 0.5) is 0 Å². The van der Waals surface area contributed by atoms with Gasteiger partial charge in [0.2, 0.25) is 0 Å². The Labute approximate surface area is 189 Å². The van der Waals surface area contributed by atoms with Crippen molar-refractivity contribution in [2.45, 2.75) is 111 Å². The second-order valence-corrected chi connectivity index (χ2v) is 12.5. The van der Waals surface area contributed by atoms with Crippen LogP contribution in [0.25, 0.3) is 0 Å². The molecule has 0 aromatic heterocycles. The fourth-order valence-electron chi connectivity index (χ4n) is 9.08. The van der Waals surface area contributed by atoms with Gasteiger partial charge in [-0.3, -0.25) is 9.59 Å². The topological polar surface area (TPSA) is 66.4 Å². The number of ketones is 1. The van der Waals surface area contributed by atoms with E-state index in [1.54, 1.807) is 0 Å². The van der Waals surface area contributed by atoms with Gasteiger partial charge in [0.1, 0.15) is 5.78 Å². The van der Waals surface area contributed by atoms with E-state index in [2.05, 4.69) is 39.9 Å². The number of carboxylic acid groups (broad SMARTS) is 1. The number of hydrogen-bond acceptors (Lipinski definition) is 3. The summed E-state index contributed by atoms with van der Waals surface area (Å²) in [5, 5.41) is 12.9. The summed E-state index contributed by atoms with van der Waals surface area (Å²) in [6.45, 7) is 11.7. The molecule has 4 nitrogen and oxygen atoms in total. The van der Waals surface area contributed by atoms with Crippen molar-refractivity contribution >= 4 is 11.8 Å². The van der Waals surface area contributed by atoms with E-state index in [1.165, 1.54) is 44.9 Å². The molecule has 0 spiro atoms. The highest BCUT2D eigenvalue weighted by Crippen LogP contribution is 2.67. The molecule has 2 N–H and O–H groups in total. The van der Waals surface area contributed by atoms with Gasteiger partial charge in [-0.2, -0.15) is 0 Å². The highest BCUT2D eigenvalue weighted by molar-refractivity contribution is 5.83. The van der Waals surface area contributed by atoms with E-state index >= 15 is 0 Å². The molecule has 0 bridgehead atoms. The molecule has 4 aliphatic carbocycles. The number of aliphatic carboxylic acids is 1. The monoisotopic (exact) mass is 431 g/mol. The van der Waals surface area contributed by atoms with Crippen molar-refractivity contribution in [3.05, 3.63) is 0 Å². The Morgan fingerprint density at radius 3 is 2.42 bits per heavy atom. The second-order valence-electron chi connectivity index (χ2n) is 12.5. The van der Waals surface area contributed by atoms with Gasteiger partial charge >= 0.3 is 5.97 Å². The number of hydrogen-bond donors (Lipinski definition) is 2. The van der Waals surface area contributed by atoms with Crippen LogP contribution >= 0.6 is 0 Å². The molecule has 4 saturated carbocycles. The van der Waals surface area contributed by atoms with Crippen molar-refractivity contribution in [1.82, 2.24) is 5.32 Å². The Balaban J connectivity index is 1.52. The van der Waals surface area contributed by atoms with E-state index < -0.39 is 5.97 Å². The lowest BCUT2D eigenvalue weighted by atomic mass is 9.44. The molecule has 4 heteroatoms. The third kappa shape index (κ3) is 4.00. The maximum absolute atomic E-state index is 13.6. The summed E-state index contributed by atoms with van der Waals surface area (Å²) in [5.74, 6) is 2.76. The Hall–Kier alpha value is -0.900. The molecule has 4 aliphatic rings. The predicted molar refractivity (Wildman–Crippen MR) is 124 cm³/mol. The van der Waals surface area contributed by atoms with Crippen LogP contribution in [0, 0.1) is 46.3 Å². The summed E-state index contributed by atoms with van der Waals surface area (Å²) in [5.41, 5.74) is 0.538. The average molecular weight is 432 g/mol. The lowest BCUT2D eigenvalue weighted by Crippen LogP contribution is -2.58. The van der Waals surface area contributed by atoms with E-state index in [0.29, 0.717) is 52.9 Å².